The monoisotopic (exact) mass is 397 g/mol. The van der Waals surface area contributed by atoms with Crippen LogP contribution in [0.1, 0.15) is 30.4 Å². The normalized spacial score (nSPS) is 15.1. The lowest BCUT2D eigenvalue weighted by molar-refractivity contribution is -0.384. The molecule has 0 saturated carbocycles. The van der Waals surface area contributed by atoms with Crippen molar-refractivity contribution in [3.8, 4) is 0 Å². The molecule has 1 aliphatic rings. The van der Waals surface area contributed by atoms with Gasteiger partial charge in [0, 0.05) is 42.2 Å². The summed E-state index contributed by atoms with van der Waals surface area (Å²) in [5, 5.41) is 19.6. The number of piperidine rings is 1. The number of nitrogens with zero attached hydrogens (tertiary/aromatic N) is 4. The summed E-state index contributed by atoms with van der Waals surface area (Å²) in [6, 6.07) is 14.8. The largest absolute Gasteiger partial charge is 0.377 e. The average molecular weight is 398 g/mol. The molecule has 0 radical (unpaired) electrons. The molecular formula is C20H23N5O2S. The van der Waals surface area contributed by atoms with Crippen molar-refractivity contribution in [3.05, 3.63) is 69.8 Å². The van der Waals surface area contributed by atoms with Gasteiger partial charge < -0.3 is 10.6 Å². The maximum Gasteiger partial charge on any atom is 0.270 e. The maximum atomic E-state index is 11.1. The Balaban J connectivity index is 1.73. The molecule has 1 saturated heterocycles. The van der Waals surface area contributed by atoms with E-state index < -0.39 is 4.92 Å². The van der Waals surface area contributed by atoms with Gasteiger partial charge in [-0.05, 0) is 30.9 Å². The number of nitro benzene ring substituents is 1. The SMILES string of the molecule is NC(=NN=Cc1cc([N+](=O)[O-])ccc1N1CCCCC1)SCc1ccccc1. The zero-order chi connectivity index (χ0) is 19.8. The smallest absolute Gasteiger partial charge is 0.270 e. The van der Waals surface area contributed by atoms with Gasteiger partial charge in [-0.3, -0.25) is 10.1 Å². The van der Waals surface area contributed by atoms with Crippen LogP contribution in [0.3, 0.4) is 0 Å². The molecule has 1 heterocycles. The summed E-state index contributed by atoms with van der Waals surface area (Å²) in [7, 11) is 0. The zero-order valence-electron chi connectivity index (χ0n) is 15.5. The lowest BCUT2D eigenvalue weighted by atomic mass is 10.1. The lowest BCUT2D eigenvalue weighted by Crippen LogP contribution is -2.30. The number of benzene rings is 2. The second-order valence-corrected chi connectivity index (χ2v) is 7.50. The van der Waals surface area contributed by atoms with Gasteiger partial charge in [0.25, 0.3) is 5.69 Å². The molecule has 3 rings (SSSR count). The molecule has 2 N–H and O–H groups in total. The van der Waals surface area contributed by atoms with E-state index in [0.717, 1.165) is 37.2 Å². The van der Waals surface area contributed by atoms with E-state index in [9.17, 15) is 10.1 Å². The summed E-state index contributed by atoms with van der Waals surface area (Å²) < 4.78 is 0. The number of amidine groups is 1. The van der Waals surface area contributed by atoms with Gasteiger partial charge in [0.05, 0.1) is 11.1 Å². The fraction of sp³-hybridized carbons (Fsp3) is 0.300. The number of thioether (sulfide) groups is 1. The fourth-order valence-corrected chi connectivity index (χ4v) is 3.70. The van der Waals surface area contributed by atoms with Gasteiger partial charge in [-0.15, -0.1) is 5.10 Å². The third-order valence-corrected chi connectivity index (χ3v) is 5.36. The molecule has 1 aliphatic heterocycles. The molecular weight excluding hydrogens is 374 g/mol. The van der Waals surface area contributed by atoms with Crippen molar-refractivity contribution in [2.75, 3.05) is 18.0 Å². The van der Waals surface area contributed by atoms with Gasteiger partial charge >= 0.3 is 0 Å². The van der Waals surface area contributed by atoms with Gasteiger partial charge in [-0.2, -0.15) is 5.10 Å². The molecule has 0 amide bonds. The van der Waals surface area contributed by atoms with Crippen molar-refractivity contribution in [1.29, 1.82) is 0 Å². The van der Waals surface area contributed by atoms with Crippen LogP contribution in [0.5, 0.6) is 0 Å². The predicted molar refractivity (Wildman–Crippen MR) is 116 cm³/mol. The van der Waals surface area contributed by atoms with Crippen LogP contribution in [0.15, 0.2) is 58.7 Å². The number of rotatable bonds is 6. The summed E-state index contributed by atoms with van der Waals surface area (Å²) in [5.41, 5.74) is 8.74. The molecule has 8 heteroatoms. The van der Waals surface area contributed by atoms with Gasteiger partial charge in [0.1, 0.15) is 0 Å². The number of nitrogens with two attached hydrogens (primary N) is 1. The van der Waals surface area contributed by atoms with E-state index in [0.29, 0.717) is 16.5 Å². The molecule has 0 unspecified atom stereocenters. The molecule has 7 nitrogen and oxygen atoms in total. The highest BCUT2D eigenvalue weighted by molar-refractivity contribution is 8.13. The molecule has 0 aromatic heterocycles. The van der Waals surface area contributed by atoms with Crippen LogP contribution in [0.4, 0.5) is 11.4 Å². The molecule has 146 valence electrons. The number of nitro groups is 1. The van der Waals surface area contributed by atoms with Crippen LogP contribution < -0.4 is 10.6 Å². The van der Waals surface area contributed by atoms with E-state index >= 15 is 0 Å². The fourth-order valence-electron chi connectivity index (χ4n) is 3.09. The van der Waals surface area contributed by atoms with Gasteiger partial charge in [0.2, 0.25) is 0 Å². The average Bonchev–Trinajstić information content (AvgIpc) is 2.73. The summed E-state index contributed by atoms with van der Waals surface area (Å²) in [6.45, 7) is 1.88. The Morgan fingerprint density at radius 2 is 1.93 bits per heavy atom. The molecule has 2 aromatic carbocycles. The first kappa shape index (κ1) is 19.9. The Morgan fingerprint density at radius 1 is 1.18 bits per heavy atom. The first-order valence-corrected chi connectivity index (χ1v) is 10.2. The van der Waals surface area contributed by atoms with E-state index in [4.69, 9.17) is 5.73 Å². The van der Waals surface area contributed by atoms with Gasteiger partial charge in [-0.1, -0.05) is 42.1 Å². The standard InChI is InChI=1S/C20H23N5O2S/c21-20(28-15-16-7-3-1-4-8-16)23-22-14-17-13-18(25(26)27)9-10-19(17)24-11-5-2-6-12-24/h1,3-4,7-10,13-14H,2,5-6,11-12,15H2,(H2,21,23). The van der Waals surface area contributed by atoms with Crippen LogP contribution in [0, 0.1) is 10.1 Å². The zero-order valence-corrected chi connectivity index (χ0v) is 16.3. The molecule has 28 heavy (non-hydrogen) atoms. The first-order chi connectivity index (χ1) is 13.6. The third kappa shape index (κ3) is 5.56. The molecule has 2 aromatic rings. The Labute approximate surface area is 168 Å². The Bertz CT molecular complexity index is 864. The Hall–Kier alpha value is -2.87. The molecule has 0 atom stereocenters. The van der Waals surface area contributed by atoms with Crippen molar-refractivity contribution in [3.63, 3.8) is 0 Å². The topological polar surface area (TPSA) is 97.1 Å². The Morgan fingerprint density at radius 3 is 2.64 bits per heavy atom. The van der Waals surface area contributed by atoms with E-state index in [1.165, 1.54) is 30.3 Å². The summed E-state index contributed by atoms with van der Waals surface area (Å²) in [5.74, 6) is 0.710. The highest BCUT2D eigenvalue weighted by Crippen LogP contribution is 2.27. The van der Waals surface area contributed by atoms with Crippen LogP contribution in [-0.4, -0.2) is 29.4 Å². The summed E-state index contributed by atoms with van der Waals surface area (Å²) in [4.78, 5) is 13.0. The predicted octanol–water partition coefficient (Wildman–Crippen LogP) is 4.17. The summed E-state index contributed by atoms with van der Waals surface area (Å²) >= 11 is 1.40. The van der Waals surface area contributed by atoms with E-state index in [-0.39, 0.29) is 5.69 Å². The second-order valence-electron chi connectivity index (χ2n) is 6.51. The lowest BCUT2D eigenvalue weighted by Gasteiger charge is -2.29. The molecule has 1 fully saturated rings. The number of hydrogen-bond acceptors (Lipinski definition) is 6. The van der Waals surface area contributed by atoms with Crippen molar-refractivity contribution in [1.82, 2.24) is 0 Å². The van der Waals surface area contributed by atoms with Crippen LogP contribution in [0.2, 0.25) is 0 Å². The second kappa shape index (κ2) is 9.89. The van der Waals surface area contributed by atoms with E-state index in [1.54, 1.807) is 12.3 Å². The van der Waals surface area contributed by atoms with E-state index in [1.807, 2.05) is 30.3 Å². The van der Waals surface area contributed by atoms with Crippen LogP contribution in [-0.2, 0) is 5.75 Å². The van der Waals surface area contributed by atoms with Crippen molar-refractivity contribution in [2.24, 2.45) is 15.9 Å². The van der Waals surface area contributed by atoms with Crippen LogP contribution >= 0.6 is 11.8 Å². The van der Waals surface area contributed by atoms with E-state index in [2.05, 4.69) is 15.1 Å². The maximum absolute atomic E-state index is 11.1. The van der Waals surface area contributed by atoms with Crippen molar-refractivity contribution in [2.45, 2.75) is 25.0 Å². The quantitative estimate of drug-likeness (QED) is 0.341. The number of anilines is 1. The minimum absolute atomic E-state index is 0.0395. The molecule has 0 bridgehead atoms. The molecule has 0 aliphatic carbocycles. The third-order valence-electron chi connectivity index (χ3n) is 4.50. The molecule has 0 spiro atoms. The highest BCUT2D eigenvalue weighted by atomic mass is 32.2. The van der Waals surface area contributed by atoms with Gasteiger partial charge in [0.15, 0.2) is 5.17 Å². The minimum Gasteiger partial charge on any atom is -0.377 e. The Kier molecular flexibility index (Phi) is 7.02. The number of non-ortho nitro benzene ring substituents is 1. The highest BCUT2D eigenvalue weighted by Gasteiger charge is 2.16. The van der Waals surface area contributed by atoms with Gasteiger partial charge in [-0.25, -0.2) is 0 Å². The summed E-state index contributed by atoms with van der Waals surface area (Å²) in [6.07, 6.45) is 5.00. The van der Waals surface area contributed by atoms with Crippen LogP contribution in [0.25, 0.3) is 0 Å². The van der Waals surface area contributed by atoms with Crippen molar-refractivity contribution >= 4 is 34.5 Å². The number of hydrogen-bond donors (Lipinski definition) is 1. The first-order valence-electron chi connectivity index (χ1n) is 9.20. The van der Waals surface area contributed by atoms with Crippen molar-refractivity contribution < 1.29 is 4.92 Å². The minimum atomic E-state index is -0.398.